The first-order valence-corrected chi connectivity index (χ1v) is 5.03. The molecular formula is C12H14O3. The van der Waals surface area contributed by atoms with E-state index in [1.165, 1.54) is 0 Å². The highest BCUT2D eigenvalue weighted by Gasteiger charge is 2.26. The van der Waals surface area contributed by atoms with Gasteiger partial charge >= 0.3 is 5.97 Å². The maximum atomic E-state index is 10.9. The van der Waals surface area contributed by atoms with Crippen LogP contribution in [0, 0.1) is 19.8 Å². The molecule has 0 amide bonds. The van der Waals surface area contributed by atoms with E-state index in [9.17, 15) is 4.79 Å². The Morgan fingerprint density at radius 3 is 2.87 bits per heavy atom. The van der Waals surface area contributed by atoms with Gasteiger partial charge in [0.2, 0.25) is 0 Å². The molecule has 0 aliphatic carbocycles. The Morgan fingerprint density at radius 1 is 1.47 bits per heavy atom. The summed E-state index contributed by atoms with van der Waals surface area (Å²) in [7, 11) is 0. The number of aliphatic carboxylic acids is 1. The fraction of sp³-hybridized carbons (Fsp3) is 0.417. The largest absolute Gasteiger partial charge is 0.492 e. The first-order valence-electron chi connectivity index (χ1n) is 5.03. The van der Waals surface area contributed by atoms with Crippen molar-refractivity contribution in [2.24, 2.45) is 5.92 Å². The van der Waals surface area contributed by atoms with E-state index in [0.29, 0.717) is 6.42 Å². The Balaban J connectivity index is 2.37. The average Bonchev–Trinajstić information content (AvgIpc) is 2.16. The van der Waals surface area contributed by atoms with E-state index in [4.69, 9.17) is 9.84 Å². The van der Waals surface area contributed by atoms with Gasteiger partial charge in [0.15, 0.2) is 0 Å². The van der Waals surface area contributed by atoms with Crippen LogP contribution in [0.25, 0.3) is 0 Å². The lowest BCUT2D eigenvalue weighted by molar-refractivity contribution is -0.143. The van der Waals surface area contributed by atoms with Crippen LogP contribution in [0.4, 0.5) is 0 Å². The van der Waals surface area contributed by atoms with Gasteiger partial charge in [-0.1, -0.05) is 6.07 Å². The van der Waals surface area contributed by atoms with Crippen molar-refractivity contribution in [3.63, 3.8) is 0 Å². The van der Waals surface area contributed by atoms with Gasteiger partial charge in [0.05, 0.1) is 5.92 Å². The standard InChI is InChI=1S/C12H14O3/c1-7-3-8(2)10-5-9(12(13)14)6-15-11(10)4-7/h3-4,9H,5-6H2,1-2H3,(H,13,14)/t9-/m0/s1. The van der Waals surface area contributed by atoms with Crippen LogP contribution in [0.3, 0.4) is 0 Å². The number of carboxylic acid groups (broad SMARTS) is 1. The second-order valence-electron chi connectivity index (χ2n) is 4.11. The van der Waals surface area contributed by atoms with Gasteiger partial charge in [0.25, 0.3) is 0 Å². The zero-order valence-corrected chi connectivity index (χ0v) is 8.91. The molecule has 1 aromatic carbocycles. The van der Waals surface area contributed by atoms with Crippen molar-refractivity contribution in [2.75, 3.05) is 6.61 Å². The maximum Gasteiger partial charge on any atom is 0.310 e. The molecule has 3 heteroatoms. The predicted molar refractivity (Wildman–Crippen MR) is 56.2 cm³/mol. The summed E-state index contributed by atoms with van der Waals surface area (Å²) in [6.07, 6.45) is 0.580. The minimum absolute atomic E-state index is 0.283. The van der Waals surface area contributed by atoms with E-state index in [0.717, 1.165) is 22.4 Å². The average molecular weight is 206 g/mol. The molecule has 1 heterocycles. The molecular weight excluding hydrogens is 192 g/mol. The SMILES string of the molecule is Cc1cc(C)c2c(c1)OC[C@@H](C(=O)O)C2. The van der Waals surface area contributed by atoms with Gasteiger partial charge in [0, 0.05) is 0 Å². The molecule has 0 bridgehead atoms. The van der Waals surface area contributed by atoms with Crippen LogP contribution in [0.1, 0.15) is 16.7 Å². The number of aryl methyl sites for hydroxylation is 2. The van der Waals surface area contributed by atoms with Gasteiger partial charge in [-0.2, -0.15) is 0 Å². The highest BCUT2D eigenvalue weighted by molar-refractivity contribution is 5.71. The lowest BCUT2D eigenvalue weighted by Crippen LogP contribution is -2.28. The molecule has 0 aromatic heterocycles. The zero-order valence-electron chi connectivity index (χ0n) is 8.91. The summed E-state index contributed by atoms with van der Waals surface area (Å²) in [6.45, 7) is 4.30. The highest BCUT2D eigenvalue weighted by Crippen LogP contribution is 2.31. The van der Waals surface area contributed by atoms with Gasteiger partial charge in [-0.05, 0) is 43.0 Å². The number of fused-ring (bicyclic) bond motifs is 1. The molecule has 0 saturated carbocycles. The number of carbonyl (C=O) groups is 1. The van der Waals surface area contributed by atoms with Gasteiger partial charge in [-0.3, -0.25) is 4.79 Å². The fourth-order valence-corrected chi connectivity index (χ4v) is 2.00. The summed E-state index contributed by atoms with van der Waals surface area (Å²) < 4.78 is 5.48. The zero-order chi connectivity index (χ0) is 11.0. The van der Waals surface area contributed by atoms with Crippen LogP contribution in [-0.4, -0.2) is 17.7 Å². The Bertz CT molecular complexity index is 410. The number of rotatable bonds is 1. The molecule has 1 aliphatic rings. The van der Waals surface area contributed by atoms with E-state index in [1.807, 2.05) is 19.9 Å². The molecule has 0 unspecified atom stereocenters. The highest BCUT2D eigenvalue weighted by atomic mass is 16.5. The molecule has 1 aliphatic heterocycles. The van der Waals surface area contributed by atoms with Crippen molar-refractivity contribution in [3.8, 4) is 5.75 Å². The molecule has 1 N–H and O–H groups in total. The molecule has 80 valence electrons. The van der Waals surface area contributed by atoms with E-state index in [2.05, 4.69) is 6.07 Å². The molecule has 0 saturated heterocycles. The quantitative estimate of drug-likeness (QED) is 0.763. The van der Waals surface area contributed by atoms with Gasteiger partial charge in [-0.15, -0.1) is 0 Å². The number of carboxylic acids is 1. The summed E-state index contributed by atoms with van der Waals surface area (Å²) in [4.78, 5) is 10.9. The lowest BCUT2D eigenvalue weighted by Gasteiger charge is -2.24. The maximum absolute atomic E-state index is 10.9. The summed E-state index contributed by atoms with van der Waals surface area (Å²) in [6, 6.07) is 4.03. The summed E-state index contributed by atoms with van der Waals surface area (Å²) in [5, 5.41) is 8.93. The van der Waals surface area contributed by atoms with E-state index < -0.39 is 11.9 Å². The van der Waals surface area contributed by atoms with Crippen LogP contribution in [0.15, 0.2) is 12.1 Å². The fourth-order valence-electron chi connectivity index (χ4n) is 2.00. The van der Waals surface area contributed by atoms with Crippen molar-refractivity contribution >= 4 is 5.97 Å². The molecule has 2 rings (SSSR count). The third-order valence-electron chi connectivity index (χ3n) is 2.82. The predicted octanol–water partition coefficient (Wildman–Crippen LogP) is 1.94. The monoisotopic (exact) mass is 206 g/mol. The number of hydrogen-bond donors (Lipinski definition) is 1. The molecule has 15 heavy (non-hydrogen) atoms. The van der Waals surface area contributed by atoms with Crippen LogP contribution in [0.2, 0.25) is 0 Å². The minimum atomic E-state index is -0.777. The van der Waals surface area contributed by atoms with Crippen molar-refractivity contribution < 1.29 is 14.6 Å². The normalized spacial score (nSPS) is 19.2. The topological polar surface area (TPSA) is 46.5 Å². The Kier molecular flexibility index (Phi) is 2.39. The van der Waals surface area contributed by atoms with Crippen LogP contribution in [-0.2, 0) is 11.2 Å². The van der Waals surface area contributed by atoms with Crippen molar-refractivity contribution in [1.29, 1.82) is 0 Å². The Hall–Kier alpha value is -1.51. The lowest BCUT2D eigenvalue weighted by atomic mass is 9.92. The van der Waals surface area contributed by atoms with Crippen molar-refractivity contribution in [1.82, 2.24) is 0 Å². The summed E-state index contributed by atoms with van der Waals surface area (Å²) in [5.41, 5.74) is 3.32. The van der Waals surface area contributed by atoms with Gasteiger partial charge in [-0.25, -0.2) is 0 Å². The third-order valence-corrected chi connectivity index (χ3v) is 2.82. The smallest absolute Gasteiger partial charge is 0.310 e. The van der Waals surface area contributed by atoms with E-state index >= 15 is 0 Å². The second kappa shape index (κ2) is 3.57. The molecule has 0 radical (unpaired) electrons. The molecule has 0 spiro atoms. The van der Waals surface area contributed by atoms with Crippen LogP contribution < -0.4 is 4.74 Å². The molecule has 1 aromatic rings. The number of hydrogen-bond acceptors (Lipinski definition) is 2. The summed E-state index contributed by atoms with van der Waals surface area (Å²) in [5.74, 6) is -0.329. The molecule has 3 nitrogen and oxygen atoms in total. The first kappa shape index (κ1) is 10.0. The van der Waals surface area contributed by atoms with E-state index in [1.54, 1.807) is 0 Å². The van der Waals surface area contributed by atoms with Crippen LogP contribution in [0.5, 0.6) is 5.75 Å². The minimum Gasteiger partial charge on any atom is -0.492 e. The molecule has 1 atom stereocenters. The van der Waals surface area contributed by atoms with Crippen molar-refractivity contribution in [3.05, 3.63) is 28.8 Å². The van der Waals surface area contributed by atoms with E-state index in [-0.39, 0.29) is 6.61 Å². The van der Waals surface area contributed by atoms with Gasteiger partial charge < -0.3 is 9.84 Å². The van der Waals surface area contributed by atoms with Gasteiger partial charge in [0.1, 0.15) is 12.4 Å². The molecule has 0 fully saturated rings. The first-order chi connectivity index (χ1) is 7.08. The Labute approximate surface area is 88.7 Å². The Morgan fingerprint density at radius 2 is 2.20 bits per heavy atom. The third kappa shape index (κ3) is 1.82. The van der Waals surface area contributed by atoms with Crippen molar-refractivity contribution in [2.45, 2.75) is 20.3 Å². The van der Waals surface area contributed by atoms with Crippen LogP contribution >= 0.6 is 0 Å². The number of ether oxygens (including phenoxy) is 1. The second-order valence-corrected chi connectivity index (χ2v) is 4.11. The number of benzene rings is 1. The summed E-state index contributed by atoms with van der Waals surface area (Å²) >= 11 is 0.